The van der Waals surface area contributed by atoms with E-state index in [2.05, 4.69) is 15.1 Å². The van der Waals surface area contributed by atoms with Crippen molar-refractivity contribution in [2.75, 3.05) is 58.3 Å². The number of para-hydroxylation sites is 3. The number of nitrogens with one attached hydrogen (secondary N) is 1. The Morgan fingerprint density at radius 3 is 2.19 bits per heavy atom. The van der Waals surface area contributed by atoms with Crippen LogP contribution >= 0.6 is 0 Å². The first-order chi connectivity index (χ1) is 20.6. The van der Waals surface area contributed by atoms with E-state index < -0.39 is 42.8 Å². The number of hydrogen-bond acceptors (Lipinski definition) is 11. The Bertz CT molecular complexity index is 1220. The zero-order valence-electron chi connectivity index (χ0n) is 24.6. The van der Waals surface area contributed by atoms with Gasteiger partial charge in [0.2, 0.25) is 5.91 Å². The van der Waals surface area contributed by atoms with Crippen molar-refractivity contribution in [1.29, 1.82) is 0 Å². The number of aryl methyl sites for hydroxylation is 2. The minimum Gasteiger partial charge on any atom is -0.493 e. The zero-order valence-corrected chi connectivity index (χ0v) is 24.6. The molecular weight excluding hydrogens is 562 g/mol. The lowest BCUT2D eigenvalue weighted by molar-refractivity contribution is -0.306. The van der Waals surface area contributed by atoms with Crippen LogP contribution in [0.15, 0.2) is 42.5 Å². The van der Waals surface area contributed by atoms with Crippen LogP contribution < -0.4 is 14.8 Å². The molecule has 13 nitrogen and oxygen atoms in total. The topological polar surface area (TPSA) is 170 Å². The van der Waals surface area contributed by atoms with Gasteiger partial charge in [0.05, 0.1) is 13.7 Å². The Labute approximate surface area is 250 Å². The van der Waals surface area contributed by atoms with Gasteiger partial charge in [0, 0.05) is 38.4 Å². The van der Waals surface area contributed by atoms with Crippen LogP contribution in [0.1, 0.15) is 11.1 Å². The standard InChI is InChI=1S/C30H41N3O10/c1-18-7-6-8-19(2)24(18)31-23(34)16-33-13-11-32(12-14-33)15-20(17-41-22-10-5-4-9-21(22)40-3)42-30-27(37)25(35)26(36)28(43-30)29(38)39/h4-10,20,25-28,30,35-37H,11-17H2,1-3H3,(H,31,34)(H,38,39)/t20?,25-,26-,27+,28-,30?/m0/s1. The number of carboxylic acid groups (broad SMARTS) is 1. The Hall–Kier alpha value is -3.30. The van der Waals surface area contributed by atoms with Gasteiger partial charge in [-0.15, -0.1) is 0 Å². The van der Waals surface area contributed by atoms with Crippen LogP contribution in [0.5, 0.6) is 11.5 Å². The molecule has 6 atom stereocenters. The molecule has 2 aliphatic rings. The Kier molecular flexibility index (Phi) is 11.3. The van der Waals surface area contributed by atoms with Crippen molar-refractivity contribution in [2.45, 2.75) is 50.7 Å². The highest BCUT2D eigenvalue weighted by molar-refractivity contribution is 5.93. The van der Waals surface area contributed by atoms with Crippen molar-refractivity contribution >= 4 is 17.6 Å². The Morgan fingerprint density at radius 1 is 0.930 bits per heavy atom. The maximum Gasteiger partial charge on any atom is 0.335 e. The molecule has 4 rings (SSSR count). The van der Waals surface area contributed by atoms with Crippen LogP contribution in [0.4, 0.5) is 5.69 Å². The lowest BCUT2D eigenvalue weighted by atomic mass is 9.99. The SMILES string of the molecule is COc1ccccc1OCC(CN1CCN(CC(=O)Nc2c(C)cccc2C)CC1)OC1O[C@H](C(=O)O)[C@@H](O)[C@H](O)[C@H]1O. The number of ether oxygens (including phenoxy) is 4. The predicted octanol–water partition coefficient (Wildman–Crippen LogP) is 0.225. The molecule has 0 bridgehead atoms. The molecule has 0 saturated carbocycles. The van der Waals surface area contributed by atoms with Crippen LogP contribution in [0.2, 0.25) is 0 Å². The normalized spacial score (nSPS) is 25.6. The number of amides is 1. The van der Waals surface area contributed by atoms with E-state index in [4.69, 9.17) is 18.9 Å². The summed E-state index contributed by atoms with van der Waals surface area (Å²) in [4.78, 5) is 28.5. The van der Waals surface area contributed by atoms with Crippen LogP contribution in [-0.2, 0) is 19.1 Å². The molecule has 5 N–H and O–H groups in total. The van der Waals surface area contributed by atoms with E-state index in [0.29, 0.717) is 44.2 Å². The molecule has 2 saturated heterocycles. The van der Waals surface area contributed by atoms with Gasteiger partial charge in [-0.25, -0.2) is 4.79 Å². The van der Waals surface area contributed by atoms with E-state index in [1.807, 2.05) is 32.0 Å². The van der Waals surface area contributed by atoms with Gasteiger partial charge in [-0.3, -0.25) is 14.6 Å². The summed E-state index contributed by atoms with van der Waals surface area (Å²) in [7, 11) is 1.52. The monoisotopic (exact) mass is 603 g/mol. The van der Waals surface area contributed by atoms with Crippen molar-refractivity contribution < 1.29 is 49.0 Å². The fourth-order valence-electron chi connectivity index (χ4n) is 5.22. The van der Waals surface area contributed by atoms with Crippen molar-refractivity contribution in [3.05, 3.63) is 53.6 Å². The first kappa shape index (κ1) is 32.6. The second-order valence-electron chi connectivity index (χ2n) is 10.8. The molecule has 2 heterocycles. The molecule has 0 radical (unpaired) electrons. The van der Waals surface area contributed by atoms with Crippen molar-refractivity contribution in [3.8, 4) is 11.5 Å². The summed E-state index contributed by atoms with van der Waals surface area (Å²) < 4.78 is 22.7. The molecule has 43 heavy (non-hydrogen) atoms. The number of nitrogens with zero attached hydrogens (tertiary/aromatic N) is 2. The number of carbonyl (C=O) groups excluding carboxylic acids is 1. The third-order valence-electron chi connectivity index (χ3n) is 7.67. The minimum absolute atomic E-state index is 0.0122. The highest BCUT2D eigenvalue weighted by atomic mass is 16.7. The molecule has 0 spiro atoms. The van der Waals surface area contributed by atoms with E-state index in [-0.39, 0.29) is 19.1 Å². The summed E-state index contributed by atoms with van der Waals surface area (Å²) in [6, 6.07) is 12.9. The minimum atomic E-state index is -1.82. The first-order valence-corrected chi connectivity index (χ1v) is 14.2. The van der Waals surface area contributed by atoms with Crippen molar-refractivity contribution in [3.63, 3.8) is 0 Å². The fourth-order valence-corrected chi connectivity index (χ4v) is 5.22. The molecule has 2 unspecified atom stereocenters. The number of anilines is 1. The molecule has 2 aromatic rings. The zero-order chi connectivity index (χ0) is 31.1. The lowest BCUT2D eigenvalue weighted by Crippen LogP contribution is -2.61. The third-order valence-corrected chi connectivity index (χ3v) is 7.67. The molecular formula is C30H41N3O10. The smallest absolute Gasteiger partial charge is 0.335 e. The largest absolute Gasteiger partial charge is 0.493 e. The highest BCUT2D eigenvalue weighted by Gasteiger charge is 2.48. The first-order valence-electron chi connectivity index (χ1n) is 14.2. The van der Waals surface area contributed by atoms with Gasteiger partial charge < -0.3 is 44.7 Å². The van der Waals surface area contributed by atoms with Gasteiger partial charge in [-0.2, -0.15) is 0 Å². The molecule has 236 valence electrons. The molecule has 1 amide bonds. The second-order valence-corrected chi connectivity index (χ2v) is 10.8. The summed E-state index contributed by atoms with van der Waals surface area (Å²) in [5.74, 6) is -0.615. The number of piperazine rings is 1. The highest BCUT2D eigenvalue weighted by Crippen LogP contribution is 2.28. The van der Waals surface area contributed by atoms with Crippen molar-refractivity contribution in [1.82, 2.24) is 9.80 Å². The maximum atomic E-state index is 12.8. The second kappa shape index (κ2) is 14.9. The third kappa shape index (κ3) is 8.42. The molecule has 2 fully saturated rings. The maximum absolute atomic E-state index is 12.8. The number of benzene rings is 2. The van der Waals surface area contributed by atoms with Crippen LogP contribution in [0.25, 0.3) is 0 Å². The summed E-state index contributed by atoms with van der Waals surface area (Å²) in [6.07, 6.45) is -9.34. The van der Waals surface area contributed by atoms with Gasteiger partial charge in [0.1, 0.15) is 31.0 Å². The summed E-state index contributed by atoms with van der Waals surface area (Å²) in [5, 5.41) is 43.3. The molecule has 2 aliphatic heterocycles. The number of hydrogen-bond donors (Lipinski definition) is 5. The average molecular weight is 604 g/mol. The van der Waals surface area contributed by atoms with E-state index in [1.165, 1.54) is 7.11 Å². The number of carboxylic acids is 1. The van der Waals surface area contributed by atoms with E-state index in [1.54, 1.807) is 24.3 Å². The average Bonchev–Trinajstić information content (AvgIpc) is 2.99. The number of aliphatic hydroxyl groups is 3. The van der Waals surface area contributed by atoms with Crippen LogP contribution in [0, 0.1) is 13.8 Å². The fraction of sp³-hybridized carbons (Fsp3) is 0.533. The van der Waals surface area contributed by atoms with E-state index in [0.717, 1.165) is 16.8 Å². The van der Waals surface area contributed by atoms with E-state index in [9.17, 15) is 30.0 Å². The number of aliphatic hydroxyl groups excluding tert-OH is 3. The Balaban J connectivity index is 1.37. The van der Waals surface area contributed by atoms with Gasteiger partial charge in [-0.1, -0.05) is 30.3 Å². The number of carbonyl (C=O) groups is 2. The summed E-state index contributed by atoms with van der Waals surface area (Å²) in [6.45, 7) is 6.93. The van der Waals surface area contributed by atoms with Gasteiger partial charge >= 0.3 is 5.97 Å². The molecule has 0 aliphatic carbocycles. The van der Waals surface area contributed by atoms with Crippen LogP contribution in [-0.4, -0.2) is 132 Å². The molecule has 2 aromatic carbocycles. The van der Waals surface area contributed by atoms with Crippen molar-refractivity contribution in [2.24, 2.45) is 0 Å². The number of rotatable bonds is 12. The Morgan fingerprint density at radius 2 is 1.56 bits per heavy atom. The van der Waals surface area contributed by atoms with Gasteiger partial charge in [0.25, 0.3) is 0 Å². The van der Waals surface area contributed by atoms with Gasteiger partial charge in [0.15, 0.2) is 23.9 Å². The van der Waals surface area contributed by atoms with Crippen LogP contribution in [0.3, 0.4) is 0 Å². The summed E-state index contributed by atoms with van der Waals surface area (Å²) >= 11 is 0. The number of aliphatic carboxylic acids is 1. The lowest BCUT2D eigenvalue weighted by Gasteiger charge is -2.41. The van der Waals surface area contributed by atoms with Gasteiger partial charge in [-0.05, 0) is 37.1 Å². The molecule has 0 aromatic heterocycles. The molecule has 13 heteroatoms. The summed E-state index contributed by atoms with van der Waals surface area (Å²) in [5.41, 5.74) is 2.84. The quantitative estimate of drug-likeness (QED) is 0.224. The number of methoxy groups -OCH3 is 1. The predicted molar refractivity (Wildman–Crippen MR) is 155 cm³/mol. The van der Waals surface area contributed by atoms with E-state index >= 15 is 0 Å².